The highest BCUT2D eigenvalue weighted by atomic mass is 32.2. The second-order valence-electron chi connectivity index (χ2n) is 7.65. The molecule has 33 heavy (non-hydrogen) atoms. The molecule has 0 bridgehead atoms. The van der Waals surface area contributed by atoms with Crippen molar-refractivity contribution < 1.29 is 14.6 Å². The molecule has 3 N–H and O–H groups in total. The van der Waals surface area contributed by atoms with Crippen molar-refractivity contribution in [3.63, 3.8) is 0 Å². The molecule has 0 saturated carbocycles. The Morgan fingerprint density at radius 1 is 1.18 bits per heavy atom. The number of aryl methyl sites for hydroxylation is 3. The molecule has 0 radical (unpaired) electrons. The third-order valence-corrected chi connectivity index (χ3v) is 6.98. The average molecular weight is 482 g/mol. The third kappa shape index (κ3) is 4.74. The fraction of sp³-hybridized carbons (Fsp3) is 0.208. The van der Waals surface area contributed by atoms with E-state index in [0.29, 0.717) is 26.8 Å². The maximum Gasteiger partial charge on any atom is 0.260 e. The molecule has 0 atom stereocenters. The Morgan fingerprint density at radius 2 is 1.91 bits per heavy atom. The topological polar surface area (TPSA) is 104 Å². The van der Waals surface area contributed by atoms with Crippen LogP contribution in [0.1, 0.15) is 16.0 Å². The number of benzene rings is 2. The third-order valence-electron chi connectivity index (χ3n) is 5.11. The van der Waals surface area contributed by atoms with Crippen LogP contribution in [0.25, 0.3) is 21.3 Å². The molecule has 0 unspecified atom stereocenters. The van der Waals surface area contributed by atoms with Gasteiger partial charge in [0.15, 0.2) is 5.16 Å². The number of H-pyrrole nitrogens is 1. The van der Waals surface area contributed by atoms with Crippen LogP contribution in [-0.2, 0) is 4.79 Å². The molecule has 0 spiro atoms. The van der Waals surface area contributed by atoms with Crippen molar-refractivity contribution in [3.05, 3.63) is 62.8 Å². The van der Waals surface area contributed by atoms with E-state index in [0.717, 1.165) is 38.9 Å². The van der Waals surface area contributed by atoms with E-state index in [2.05, 4.69) is 15.3 Å². The Labute approximate surface area is 198 Å². The van der Waals surface area contributed by atoms with Crippen LogP contribution in [0.2, 0.25) is 0 Å². The quantitative estimate of drug-likeness (QED) is 0.203. The number of aromatic nitrogens is 2. The number of thioether (sulfide) groups is 1. The summed E-state index contributed by atoms with van der Waals surface area (Å²) in [7, 11) is 1.61. The summed E-state index contributed by atoms with van der Waals surface area (Å²) in [6, 6.07) is 10.8. The van der Waals surface area contributed by atoms with Crippen molar-refractivity contribution in [1.29, 1.82) is 0 Å². The van der Waals surface area contributed by atoms with E-state index in [1.165, 1.54) is 17.4 Å². The highest BCUT2D eigenvalue weighted by molar-refractivity contribution is 7.99. The molecule has 2 heterocycles. The summed E-state index contributed by atoms with van der Waals surface area (Å²) in [5.41, 5.74) is 3.73. The fourth-order valence-electron chi connectivity index (χ4n) is 3.58. The monoisotopic (exact) mass is 481 g/mol. The number of fused-ring (bicyclic) bond motifs is 1. The average Bonchev–Trinajstić information content (AvgIpc) is 3.11. The summed E-state index contributed by atoms with van der Waals surface area (Å²) in [5.74, 6) is 0.415. The normalized spacial score (nSPS) is 11.0. The molecular formula is C24H23N3O4S2. The number of nitrogens with one attached hydrogen (secondary N) is 2. The summed E-state index contributed by atoms with van der Waals surface area (Å²) in [4.78, 5) is 34.4. The van der Waals surface area contributed by atoms with Crippen molar-refractivity contribution in [2.75, 3.05) is 18.2 Å². The largest absolute Gasteiger partial charge is 0.506 e. The van der Waals surface area contributed by atoms with Crippen LogP contribution >= 0.6 is 23.1 Å². The van der Waals surface area contributed by atoms with E-state index >= 15 is 0 Å². The molecule has 4 rings (SSSR count). The molecule has 2 aromatic heterocycles. The number of hydrogen-bond acceptors (Lipinski definition) is 7. The lowest BCUT2D eigenvalue weighted by molar-refractivity contribution is -0.113. The summed E-state index contributed by atoms with van der Waals surface area (Å²) in [5, 5.41) is 13.5. The number of carbonyl (C=O) groups is 1. The van der Waals surface area contributed by atoms with Crippen molar-refractivity contribution in [2.24, 2.45) is 0 Å². The minimum Gasteiger partial charge on any atom is -0.506 e. The molecule has 170 valence electrons. The molecule has 0 aliphatic rings. The summed E-state index contributed by atoms with van der Waals surface area (Å²) >= 11 is 2.56. The predicted octanol–water partition coefficient (Wildman–Crippen LogP) is 5.02. The lowest BCUT2D eigenvalue weighted by atomic mass is 10.0. The molecule has 2 aromatic carbocycles. The Hall–Kier alpha value is -3.30. The number of rotatable bonds is 6. The zero-order chi connectivity index (χ0) is 23.7. The van der Waals surface area contributed by atoms with E-state index < -0.39 is 0 Å². The van der Waals surface area contributed by atoms with Gasteiger partial charge >= 0.3 is 0 Å². The summed E-state index contributed by atoms with van der Waals surface area (Å²) in [6.07, 6.45) is 0. The zero-order valence-corrected chi connectivity index (χ0v) is 20.2. The standard InChI is InChI=1S/C24H23N3O4S2/c1-12-6-8-18(31-4)15(9-12)20-14(3)33-23-21(20)22(30)26-24(27-23)32-11-19(29)25-16-10-13(2)5-7-17(16)28/h5-10,28H,11H2,1-4H3,(H,25,29)(H,26,27,30). The summed E-state index contributed by atoms with van der Waals surface area (Å²) in [6.45, 7) is 5.82. The first-order chi connectivity index (χ1) is 15.8. The second-order valence-corrected chi connectivity index (χ2v) is 9.81. The van der Waals surface area contributed by atoms with E-state index in [9.17, 15) is 14.7 Å². The van der Waals surface area contributed by atoms with Gasteiger partial charge in [0.25, 0.3) is 5.56 Å². The van der Waals surface area contributed by atoms with Crippen LogP contribution in [-0.4, -0.2) is 33.8 Å². The first kappa shape index (κ1) is 22.9. The van der Waals surface area contributed by atoms with Crippen LogP contribution in [0, 0.1) is 20.8 Å². The van der Waals surface area contributed by atoms with Gasteiger partial charge in [-0.1, -0.05) is 29.5 Å². The first-order valence-electron chi connectivity index (χ1n) is 10.2. The number of amides is 1. The highest BCUT2D eigenvalue weighted by Gasteiger charge is 2.20. The number of methoxy groups -OCH3 is 1. The van der Waals surface area contributed by atoms with Crippen molar-refractivity contribution in [3.8, 4) is 22.6 Å². The van der Waals surface area contributed by atoms with Gasteiger partial charge < -0.3 is 20.1 Å². The van der Waals surface area contributed by atoms with Crippen LogP contribution in [0.4, 0.5) is 5.69 Å². The molecule has 0 aliphatic carbocycles. The highest BCUT2D eigenvalue weighted by Crippen LogP contribution is 2.40. The Bertz CT molecular complexity index is 1430. The number of thiophene rings is 1. The molecule has 0 aliphatic heterocycles. The van der Waals surface area contributed by atoms with Gasteiger partial charge in [0, 0.05) is 16.0 Å². The van der Waals surface area contributed by atoms with Gasteiger partial charge in [-0.25, -0.2) is 4.98 Å². The number of aromatic hydroxyl groups is 1. The minimum absolute atomic E-state index is 0.0000635. The Kier molecular flexibility index (Phi) is 6.44. The van der Waals surface area contributed by atoms with Gasteiger partial charge in [0.1, 0.15) is 16.3 Å². The van der Waals surface area contributed by atoms with Crippen molar-refractivity contribution >= 4 is 44.9 Å². The van der Waals surface area contributed by atoms with Crippen molar-refractivity contribution in [1.82, 2.24) is 9.97 Å². The molecule has 9 heteroatoms. The molecule has 7 nitrogen and oxygen atoms in total. The van der Waals surface area contributed by atoms with Crippen LogP contribution in [0.15, 0.2) is 46.3 Å². The van der Waals surface area contributed by atoms with Crippen molar-refractivity contribution in [2.45, 2.75) is 25.9 Å². The molecule has 4 aromatic rings. The number of phenolic OH excluding ortho intramolecular Hbond substituents is 1. The lowest BCUT2D eigenvalue weighted by Gasteiger charge is -2.10. The van der Waals surface area contributed by atoms with Gasteiger partial charge in [-0.3, -0.25) is 9.59 Å². The fourth-order valence-corrected chi connectivity index (χ4v) is 5.34. The molecule has 1 amide bonds. The van der Waals surface area contributed by atoms with E-state index in [1.54, 1.807) is 19.2 Å². The van der Waals surface area contributed by atoms with E-state index in [4.69, 9.17) is 4.74 Å². The van der Waals surface area contributed by atoms with Crippen LogP contribution < -0.4 is 15.6 Å². The smallest absolute Gasteiger partial charge is 0.260 e. The number of aromatic amines is 1. The summed E-state index contributed by atoms with van der Waals surface area (Å²) < 4.78 is 5.53. The predicted molar refractivity (Wildman–Crippen MR) is 134 cm³/mol. The minimum atomic E-state index is -0.309. The van der Waals surface area contributed by atoms with Gasteiger partial charge in [-0.15, -0.1) is 11.3 Å². The number of nitrogens with zero attached hydrogens (tertiary/aromatic N) is 1. The number of carbonyl (C=O) groups excluding carboxylic acids is 1. The SMILES string of the molecule is COc1ccc(C)cc1-c1c(C)sc2nc(SCC(=O)Nc3cc(C)ccc3O)[nH]c(=O)c12. The van der Waals surface area contributed by atoms with Crippen LogP contribution in [0.3, 0.4) is 0 Å². The maximum absolute atomic E-state index is 13.0. The van der Waals surface area contributed by atoms with Crippen LogP contribution in [0.5, 0.6) is 11.5 Å². The second kappa shape index (κ2) is 9.29. The molecule has 0 fully saturated rings. The van der Waals surface area contributed by atoms with Gasteiger partial charge in [-0.2, -0.15) is 0 Å². The number of ether oxygens (including phenoxy) is 1. The number of hydrogen-bond donors (Lipinski definition) is 3. The number of phenols is 1. The van der Waals surface area contributed by atoms with Gasteiger partial charge in [-0.05, 0) is 50.6 Å². The molecule has 0 saturated heterocycles. The van der Waals surface area contributed by atoms with E-state index in [1.807, 2.05) is 39.0 Å². The molecular weight excluding hydrogens is 458 g/mol. The Balaban J connectivity index is 1.61. The Morgan fingerprint density at radius 3 is 2.67 bits per heavy atom. The lowest BCUT2D eigenvalue weighted by Crippen LogP contribution is -2.15. The van der Waals surface area contributed by atoms with Gasteiger partial charge in [0.05, 0.1) is 23.9 Å². The van der Waals surface area contributed by atoms with E-state index in [-0.39, 0.29) is 23.0 Å². The number of anilines is 1. The first-order valence-corrected chi connectivity index (χ1v) is 12.0. The maximum atomic E-state index is 13.0. The van der Waals surface area contributed by atoms with Gasteiger partial charge in [0.2, 0.25) is 5.91 Å². The zero-order valence-electron chi connectivity index (χ0n) is 18.6.